The molecule has 0 unspecified atom stereocenters. The highest BCUT2D eigenvalue weighted by molar-refractivity contribution is 5.94. The zero-order valence-corrected chi connectivity index (χ0v) is 15.8. The maximum absolute atomic E-state index is 13.0. The molecular formula is C21H28N4O. The fourth-order valence-electron chi connectivity index (χ4n) is 3.53. The van der Waals surface area contributed by atoms with Crippen LogP contribution in [0, 0.1) is 13.8 Å². The van der Waals surface area contributed by atoms with E-state index in [1.54, 1.807) is 0 Å². The zero-order valence-electron chi connectivity index (χ0n) is 15.8. The minimum Gasteiger partial charge on any atom is -0.337 e. The number of hydrogen-bond acceptors (Lipinski definition) is 3. The van der Waals surface area contributed by atoms with Gasteiger partial charge in [-0.05, 0) is 44.0 Å². The Morgan fingerprint density at radius 3 is 2.77 bits per heavy atom. The highest BCUT2D eigenvalue weighted by atomic mass is 16.2. The van der Waals surface area contributed by atoms with Crippen LogP contribution in [0.25, 0.3) is 0 Å². The normalized spacial score (nSPS) is 15.7. The van der Waals surface area contributed by atoms with Crippen molar-refractivity contribution in [3.05, 3.63) is 65.5 Å². The van der Waals surface area contributed by atoms with Crippen molar-refractivity contribution >= 4 is 5.91 Å². The van der Waals surface area contributed by atoms with E-state index >= 15 is 0 Å². The van der Waals surface area contributed by atoms with E-state index < -0.39 is 0 Å². The molecule has 3 rings (SSSR count). The Labute approximate surface area is 155 Å². The fourth-order valence-corrected chi connectivity index (χ4v) is 3.53. The molecule has 2 aromatic rings. The molecule has 138 valence electrons. The maximum Gasteiger partial charge on any atom is 0.253 e. The van der Waals surface area contributed by atoms with Gasteiger partial charge >= 0.3 is 0 Å². The van der Waals surface area contributed by atoms with Crippen molar-refractivity contribution in [3.63, 3.8) is 0 Å². The van der Waals surface area contributed by atoms with Crippen molar-refractivity contribution in [2.45, 2.75) is 26.8 Å². The SMILES string of the molecule is C=CCN1CCCN(C(=O)c2cccc(Cn3nc(C)cc3C)c2)CC1. The summed E-state index contributed by atoms with van der Waals surface area (Å²) < 4.78 is 1.98. The summed E-state index contributed by atoms with van der Waals surface area (Å²) >= 11 is 0. The van der Waals surface area contributed by atoms with Gasteiger partial charge in [0, 0.05) is 44.0 Å². The second-order valence-electron chi connectivity index (χ2n) is 7.02. The second kappa shape index (κ2) is 8.32. The summed E-state index contributed by atoms with van der Waals surface area (Å²) in [6, 6.07) is 10.0. The number of amides is 1. The lowest BCUT2D eigenvalue weighted by atomic mass is 10.1. The van der Waals surface area contributed by atoms with Crippen molar-refractivity contribution in [3.8, 4) is 0 Å². The van der Waals surface area contributed by atoms with E-state index in [-0.39, 0.29) is 5.91 Å². The Morgan fingerprint density at radius 2 is 2.04 bits per heavy atom. The molecule has 1 fully saturated rings. The fraction of sp³-hybridized carbons (Fsp3) is 0.429. The van der Waals surface area contributed by atoms with Gasteiger partial charge in [0.15, 0.2) is 0 Å². The van der Waals surface area contributed by atoms with Crippen LogP contribution in [0.4, 0.5) is 0 Å². The molecule has 1 aliphatic heterocycles. The number of aromatic nitrogens is 2. The number of aryl methyl sites for hydroxylation is 2. The van der Waals surface area contributed by atoms with E-state index in [2.05, 4.69) is 35.6 Å². The molecule has 0 bridgehead atoms. The second-order valence-corrected chi connectivity index (χ2v) is 7.02. The number of rotatable bonds is 5. The third-order valence-corrected chi connectivity index (χ3v) is 4.87. The van der Waals surface area contributed by atoms with Crippen molar-refractivity contribution < 1.29 is 4.79 Å². The number of benzene rings is 1. The predicted molar refractivity (Wildman–Crippen MR) is 104 cm³/mol. The number of carbonyl (C=O) groups excluding carboxylic acids is 1. The van der Waals surface area contributed by atoms with Crippen LogP contribution in [0.5, 0.6) is 0 Å². The summed E-state index contributed by atoms with van der Waals surface area (Å²) in [4.78, 5) is 17.3. The maximum atomic E-state index is 13.0. The van der Waals surface area contributed by atoms with Gasteiger partial charge in [0.05, 0.1) is 12.2 Å². The highest BCUT2D eigenvalue weighted by Crippen LogP contribution is 2.13. The first-order chi connectivity index (χ1) is 12.6. The first-order valence-electron chi connectivity index (χ1n) is 9.29. The summed E-state index contributed by atoms with van der Waals surface area (Å²) in [6.45, 7) is 13.0. The van der Waals surface area contributed by atoms with Gasteiger partial charge in [0.1, 0.15) is 0 Å². The van der Waals surface area contributed by atoms with Gasteiger partial charge in [-0.2, -0.15) is 5.10 Å². The molecule has 0 radical (unpaired) electrons. The molecular weight excluding hydrogens is 324 g/mol. The van der Waals surface area contributed by atoms with Crippen LogP contribution < -0.4 is 0 Å². The summed E-state index contributed by atoms with van der Waals surface area (Å²) in [5, 5.41) is 4.52. The van der Waals surface area contributed by atoms with Gasteiger partial charge < -0.3 is 4.90 Å². The Hall–Kier alpha value is -2.40. The van der Waals surface area contributed by atoms with E-state index in [1.807, 2.05) is 40.8 Å². The Balaban J connectivity index is 1.70. The van der Waals surface area contributed by atoms with Gasteiger partial charge in [-0.3, -0.25) is 14.4 Å². The lowest BCUT2D eigenvalue weighted by Crippen LogP contribution is -2.35. The molecule has 0 spiro atoms. The van der Waals surface area contributed by atoms with Crippen molar-refractivity contribution in [1.82, 2.24) is 19.6 Å². The van der Waals surface area contributed by atoms with E-state index in [0.717, 1.165) is 61.7 Å². The van der Waals surface area contributed by atoms with E-state index in [9.17, 15) is 4.79 Å². The summed E-state index contributed by atoms with van der Waals surface area (Å²) in [6.07, 6.45) is 2.94. The average Bonchev–Trinajstić information content (AvgIpc) is 2.82. The Kier molecular flexibility index (Phi) is 5.89. The number of hydrogen-bond donors (Lipinski definition) is 0. The first kappa shape index (κ1) is 18.4. The molecule has 1 aliphatic rings. The van der Waals surface area contributed by atoms with Gasteiger partial charge in [-0.25, -0.2) is 0 Å². The average molecular weight is 352 g/mol. The molecule has 0 saturated carbocycles. The minimum absolute atomic E-state index is 0.126. The van der Waals surface area contributed by atoms with Gasteiger partial charge in [0.2, 0.25) is 0 Å². The molecule has 1 amide bonds. The van der Waals surface area contributed by atoms with Crippen molar-refractivity contribution in [2.75, 3.05) is 32.7 Å². The van der Waals surface area contributed by atoms with E-state index in [0.29, 0.717) is 6.54 Å². The zero-order chi connectivity index (χ0) is 18.5. The third kappa shape index (κ3) is 4.41. The van der Waals surface area contributed by atoms with Crippen LogP contribution in [-0.4, -0.2) is 58.2 Å². The summed E-state index contributed by atoms with van der Waals surface area (Å²) in [5.41, 5.74) is 4.02. The molecule has 0 aliphatic carbocycles. The minimum atomic E-state index is 0.126. The largest absolute Gasteiger partial charge is 0.337 e. The molecule has 0 atom stereocenters. The number of nitrogens with zero attached hydrogens (tertiary/aromatic N) is 4. The molecule has 1 aromatic carbocycles. The standard InChI is InChI=1S/C21H28N4O/c1-4-9-23-10-6-11-24(13-12-23)21(26)20-8-5-7-19(15-20)16-25-18(3)14-17(2)22-25/h4-5,7-8,14-15H,1,6,9-13,16H2,2-3H3. The monoisotopic (exact) mass is 352 g/mol. The molecule has 5 heteroatoms. The van der Waals surface area contributed by atoms with Gasteiger partial charge in [-0.15, -0.1) is 6.58 Å². The van der Waals surface area contributed by atoms with Crippen LogP contribution in [0.2, 0.25) is 0 Å². The molecule has 0 N–H and O–H groups in total. The summed E-state index contributed by atoms with van der Waals surface area (Å²) in [7, 11) is 0. The Morgan fingerprint density at radius 1 is 1.19 bits per heavy atom. The van der Waals surface area contributed by atoms with Crippen LogP contribution in [0.3, 0.4) is 0 Å². The lowest BCUT2D eigenvalue weighted by Gasteiger charge is -2.21. The molecule has 26 heavy (non-hydrogen) atoms. The first-order valence-corrected chi connectivity index (χ1v) is 9.29. The smallest absolute Gasteiger partial charge is 0.253 e. The third-order valence-electron chi connectivity index (χ3n) is 4.87. The van der Waals surface area contributed by atoms with Crippen molar-refractivity contribution in [2.24, 2.45) is 0 Å². The summed E-state index contributed by atoms with van der Waals surface area (Å²) in [5.74, 6) is 0.126. The highest BCUT2D eigenvalue weighted by Gasteiger charge is 2.20. The van der Waals surface area contributed by atoms with Gasteiger partial charge in [-0.1, -0.05) is 18.2 Å². The molecule has 2 heterocycles. The van der Waals surface area contributed by atoms with Crippen molar-refractivity contribution in [1.29, 1.82) is 0 Å². The quantitative estimate of drug-likeness (QED) is 0.777. The molecule has 1 saturated heterocycles. The van der Waals surface area contributed by atoms with Crippen LogP contribution in [-0.2, 0) is 6.54 Å². The van der Waals surface area contributed by atoms with Crippen LogP contribution >= 0.6 is 0 Å². The van der Waals surface area contributed by atoms with Crippen LogP contribution in [0.15, 0.2) is 43.0 Å². The lowest BCUT2D eigenvalue weighted by molar-refractivity contribution is 0.0762. The van der Waals surface area contributed by atoms with E-state index in [1.165, 1.54) is 0 Å². The van der Waals surface area contributed by atoms with Gasteiger partial charge in [0.25, 0.3) is 5.91 Å². The number of carbonyl (C=O) groups is 1. The topological polar surface area (TPSA) is 41.4 Å². The Bertz CT molecular complexity index is 780. The van der Waals surface area contributed by atoms with E-state index in [4.69, 9.17) is 0 Å². The molecule has 1 aromatic heterocycles. The predicted octanol–water partition coefficient (Wildman–Crippen LogP) is 2.88. The van der Waals surface area contributed by atoms with Crippen LogP contribution in [0.1, 0.15) is 33.7 Å². The molecule has 5 nitrogen and oxygen atoms in total.